The minimum absolute atomic E-state index is 0.111. The number of ether oxygens (including phenoxy) is 2. The van der Waals surface area contributed by atoms with Gasteiger partial charge in [-0.15, -0.1) is 11.3 Å². The third-order valence-electron chi connectivity index (χ3n) is 3.05. The maximum absolute atomic E-state index is 11.7. The van der Waals surface area contributed by atoms with Crippen molar-refractivity contribution < 1.29 is 14.3 Å². The molecule has 0 aliphatic rings. The number of carbonyl (C=O) groups is 1. The number of esters is 1. The molecule has 0 fully saturated rings. The number of nitrogens with zero attached hydrogens (tertiary/aromatic N) is 3. The summed E-state index contributed by atoms with van der Waals surface area (Å²) in [6.07, 6.45) is 3.63. The zero-order valence-electron chi connectivity index (χ0n) is 12.8. The van der Waals surface area contributed by atoms with Crippen molar-refractivity contribution in [2.45, 2.75) is 6.61 Å². The van der Waals surface area contributed by atoms with E-state index in [4.69, 9.17) is 21.1 Å². The van der Waals surface area contributed by atoms with Gasteiger partial charge in [0.05, 0.1) is 11.9 Å². The third kappa shape index (κ3) is 4.33. The smallest absolute Gasteiger partial charge is 0.344 e. The standard InChI is InChI=1S/C16H14ClN3O3S/c1-20-7-11(6-18-20)16-19-13(10-24-16)8-23-15(21)9-22-14-4-2-12(17)3-5-14/h2-7,10H,8-9H2,1H3. The van der Waals surface area contributed by atoms with Crippen LogP contribution in [0.5, 0.6) is 5.75 Å². The van der Waals surface area contributed by atoms with E-state index in [2.05, 4.69) is 10.1 Å². The summed E-state index contributed by atoms with van der Waals surface area (Å²) in [6, 6.07) is 6.77. The first-order chi connectivity index (χ1) is 11.6. The number of rotatable bonds is 6. The zero-order chi connectivity index (χ0) is 16.9. The van der Waals surface area contributed by atoms with Gasteiger partial charge in [-0.3, -0.25) is 4.68 Å². The minimum atomic E-state index is -0.458. The van der Waals surface area contributed by atoms with Crippen molar-refractivity contribution in [1.29, 1.82) is 0 Å². The molecule has 24 heavy (non-hydrogen) atoms. The molecule has 3 aromatic rings. The first-order valence-corrected chi connectivity index (χ1v) is 8.33. The lowest BCUT2D eigenvalue weighted by Crippen LogP contribution is -2.14. The van der Waals surface area contributed by atoms with Gasteiger partial charge in [0.1, 0.15) is 17.4 Å². The number of hydrogen-bond donors (Lipinski definition) is 0. The fourth-order valence-corrected chi connectivity index (χ4v) is 2.81. The average Bonchev–Trinajstić information content (AvgIpc) is 3.21. The maximum atomic E-state index is 11.7. The Bertz CT molecular complexity index is 829. The highest BCUT2D eigenvalue weighted by atomic mass is 35.5. The Kier molecular flexibility index (Phi) is 5.12. The van der Waals surface area contributed by atoms with Gasteiger partial charge in [0.15, 0.2) is 6.61 Å². The molecule has 124 valence electrons. The van der Waals surface area contributed by atoms with Crippen molar-refractivity contribution in [3.63, 3.8) is 0 Å². The molecule has 0 radical (unpaired) electrons. The second-order valence-corrected chi connectivity index (χ2v) is 6.24. The first-order valence-electron chi connectivity index (χ1n) is 7.07. The van der Waals surface area contributed by atoms with Crippen molar-refractivity contribution in [2.24, 2.45) is 7.05 Å². The number of hydrogen-bond acceptors (Lipinski definition) is 6. The molecule has 0 unspecified atom stereocenters. The second kappa shape index (κ2) is 7.46. The van der Waals surface area contributed by atoms with Crippen LogP contribution in [-0.4, -0.2) is 27.3 Å². The van der Waals surface area contributed by atoms with Crippen LogP contribution in [0.3, 0.4) is 0 Å². The monoisotopic (exact) mass is 363 g/mol. The summed E-state index contributed by atoms with van der Waals surface area (Å²) in [7, 11) is 1.85. The highest BCUT2D eigenvalue weighted by Gasteiger charge is 2.09. The van der Waals surface area contributed by atoms with E-state index in [0.717, 1.165) is 10.6 Å². The maximum Gasteiger partial charge on any atom is 0.344 e. The Morgan fingerprint density at radius 3 is 2.83 bits per heavy atom. The topological polar surface area (TPSA) is 66.2 Å². The molecule has 8 heteroatoms. The van der Waals surface area contributed by atoms with Gasteiger partial charge in [-0.1, -0.05) is 11.6 Å². The Morgan fingerprint density at radius 1 is 1.33 bits per heavy atom. The van der Waals surface area contributed by atoms with Crippen molar-refractivity contribution in [1.82, 2.24) is 14.8 Å². The van der Waals surface area contributed by atoms with Crippen LogP contribution in [-0.2, 0) is 23.2 Å². The molecule has 0 saturated heterocycles. The van der Waals surface area contributed by atoms with Gasteiger partial charge in [0.2, 0.25) is 0 Å². The van der Waals surface area contributed by atoms with E-state index < -0.39 is 5.97 Å². The highest BCUT2D eigenvalue weighted by Crippen LogP contribution is 2.23. The van der Waals surface area contributed by atoms with Gasteiger partial charge in [-0.2, -0.15) is 5.10 Å². The first kappa shape index (κ1) is 16.5. The predicted octanol–water partition coefficient (Wildman–Crippen LogP) is 3.32. The minimum Gasteiger partial charge on any atom is -0.482 e. The van der Waals surface area contributed by atoms with Gasteiger partial charge in [-0.25, -0.2) is 9.78 Å². The quantitative estimate of drug-likeness (QED) is 0.628. The van der Waals surface area contributed by atoms with Crippen molar-refractivity contribution in [2.75, 3.05) is 6.61 Å². The van der Waals surface area contributed by atoms with E-state index >= 15 is 0 Å². The molecule has 3 rings (SSSR count). The van der Waals surface area contributed by atoms with Gasteiger partial charge in [0, 0.05) is 29.2 Å². The predicted molar refractivity (Wildman–Crippen MR) is 91.1 cm³/mol. The third-order valence-corrected chi connectivity index (χ3v) is 4.25. The van der Waals surface area contributed by atoms with Gasteiger partial charge < -0.3 is 9.47 Å². The Hall–Kier alpha value is -2.38. The Labute approximate surface area is 147 Å². The number of benzene rings is 1. The Morgan fingerprint density at radius 2 is 2.12 bits per heavy atom. The van der Waals surface area contributed by atoms with E-state index in [1.165, 1.54) is 11.3 Å². The van der Waals surface area contributed by atoms with Crippen molar-refractivity contribution >= 4 is 28.9 Å². The van der Waals surface area contributed by atoms with Crippen LogP contribution in [0.4, 0.5) is 0 Å². The van der Waals surface area contributed by atoms with Gasteiger partial charge in [0.25, 0.3) is 0 Å². The largest absolute Gasteiger partial charge is 0.482 e. The van der Waals surface area contributed by atoms with E-state index in [1.54, 1.807) is 35.1 Å². The van der Waals surface area contributed by atoms with Crippen LogP contribution >= 0.6 is 22.9 Å². The van der Waals surface area contributed by atoms with Gasteiger partial charge >= 0.3 is 5.97 Å². The molecule has 0 atom stereocenters. The molecule has 0 N–H and O–H groups in total. The fourth-order valence-electron chi connectivity index (χ4n) is 1.91. The lowest BCUT2D eigenvalue weighted by atomic mass is 10.3. The highest BCUT2D eigenvalue weighted by molar-refractivity contribution is 7.13. The molecule has 2 heterocycles. The van der Waals surface area contributed by atoms with E-state index in [1.807, 2.05) is 18.6 Å². The molecule has 0 amide bonds. The summed E-state index contributed by atoms with van der Waals surface area (Å²) in [5, 5.41) is 7.41. The van der Waals surface area contributed by atoms with Gasteiger partial charge in [-0.05, 0) is 24.3 Å². The molecular formula is C16H14ClN3O3S. The average molecular weight is 364 g/mol. The number of aromatic nitrogens is 3. The summed E-state index contributed by atoms with van der Waals surface area (Å²) in [6.45, 7) is -0.0548. The number of aryl methyl sites for hydroxylation is 1. The SMILES string of the molecule is Cn1cc(-c2nc(COC(=O)COc3ccc(Cl)cc3)cs2)cn1. The van der Waals surface area contributed by atoms with Crippen molar-refractivity contribution in [3.05, 3.63) is 52.8 Å². The zero-order valence-corrected chi connectivity index (χ0v) is 14.4. The van der Waals surface area contributed by atoms with Crippen molar-refractivity contribution in [3.8, 4) is 16.3 Å². The van der Waals surface area contributed by atoms with E-state index in [0.29, 0.717) is 16.5 Å². The van der Waals surface area contributed by atoms with Crippen LogP contribution in [0.1, 0.15) is 5.69 Å². The second-order valence-electron chi connectivity index (χ2n) is 4.95. The van der Waals surface area contributed by atoms with Crippen LogP contribution in [0.15, 0.2) is 42.0 Å². The molecule has 2 aromatic heterocycles. The number of thiazole rings is 1. The molecule has 6 nitrogen and oxygen atoms in total. The summed E-state index contributed by atoms with van der Waals surface area (Å²) in [5.41, 5.74) is 1.63. The lowest BCUT2D eigenvalue weighted by Gasteiger charge is -2.06. The molecule has 1 aromatic carbocycles. The molecular weight excluding hydrogens is 350 g/mol. The summed E-state index contributed by atoms with van der Waals surface area (Å²) in [5.74, 6) is 0.102. The molecule has 0 aliphatic carbocycles. The van der Waals surface area contributed by atoms with E-state index in [9.17, 15) is 4.79 Å². The molecule has 0 aliphatic heterocycles. The number of carbonyl (C=O) groups excluding carboxylic acids is 1. The lowest BCUT2D eigenvalue weighted by molar-refractivity contribution is -0.147. The number of halogens is 1. The normalized spacial score (nSPS) is 10.6. The van der Waals surface area contributed by atoms with Crippen LogP contribution in [0, 0.1) is 0 Å². The Balaban J connectivity index is 1.48. The van der Waals surface area contributed by atoms with E-state index in [-0.39, 0.29) is 13.2 Å². The summed E-state index contributed by atoms with van der Waals surface area (Å²) < 4.78 is 12.2. The molecule has 0 spiro atoms. The summed E-state index contributed by atoms with van der Waals surface area (Å²) in [4.78, 5) is 16.2. The van der Waals surface area contributed by atoms with Crippen LogP contribution < -0.4 is 4.74 Å². The fraction of sp³-hybridized carbons (Fsp3) is 0.188. The van der Waals surface area contributed by atoms with Crippen LogP contribution in [0.25, 0.3) is 10.6 Å². The molecule has 0 bridgehead atoms. The van der Waals surface area contributed by atoms with Crippen LogP contribution in [0.2, 0.25) is 5.02 Å². The summed E-state index contributed by atoms with van der Waals surface area (Å²) >= 11 is 7.26. The molecule has 0 saturated carbocycles.